The van der Waals surface area contributed by atoms with Crippen LogP contribution in [0.4, 0.5) is 4.39 Å². The van der Waals surface area contributed by atoms with Gasteiger partial charge in [-0.15, -0.1) is 6.58 Å². The fourth-order valence-corrected chi connectivity index (χ4v) is 2.85. The molecule has 0 unspecified atom stereocenters. The summed E-state index contributed by atoms with van der Waals surface area (Å²) in [6.07, 6.45) is 3.13. The number of aliphatic hydroxyl groups is 1. The maximum Gasteiger partial charge on any atom is 0.242 e. The molecule has 0 amide bonds. The van der Waals surface area contributed by atoms with E-state index in [1.165, 1.54) is 17.4 Å². The normalized spacial score (nSPS) is 11.8. The fraction of sp³-hybridized carbons (Fsp3) is 0.385. The first-order valence-electron chi connectivity index (χ1n) is 5.90. The zero-order valence-electron chi connectivity index (χ0n) is 10.8. The van der Waals surface area contributed by atoms with Crippen molar-refractivity contribution in [2.45, 2.75) is 24.3 Å². The van der Waals surface area contributed by atoms with E-state index in [1.54, 1.807) is 6.08 Å². The van der Waals surface area contributed by atoms with Gasteiger partial charge in [0.25, 0.3) is 0 Å². The minimum absolute atomic E-state index is 0.0148. The largest absolute Gasteiger partial charge is 0.392 e. The number of halogens is 1. The van der Waals surface area contributed by atoms with Gasteiger partial charge >= 0.3 is 0 Å². The van der Waals surface area contributed by atoms with Gasteiger partial charge in [-0.2, -0.15) is 0 Å². The summed E-state index contributed by atoms with van der Waals surface area (Å²) < 4.78 is 38.8. The summed E-state index contributed by atoms with van der Waals surface area (Å²) in [6, 6.07) is 3.42. The van der Waals surface area contributed by atoms with Gasteiger partial charge < -0.3 is 5.11 Å². The number of benzene rings is 1. The Balaban J connectivity index is 2.96. The van der Waals surface area contributed by atoms with E-state index in [-0.39, 0.29) is 10.5 Å². The molecule has 0 bridgehead atoms. The lowest BCUT2D eigenvalue weighted by Gasteiger charge is -2.17. The number of aliphatic hydroxyl groups excluding tert-OH is 1. The van der Waals surface area contributed by atoms with Crippen LogP contribution in [0.15, 0.2) is 35.7 Å². The third-order valence-corrected chi connectivity index (χ3v) is 4.63. The van der Waals surface area contributed by atoms with Crippen molar-refractivity contribution in [3.63, 3.8) is 0 Å². The topological polar surface area (TPSA) is 57.6 Å². The van der Waals surface area contributed by atoms with Gasteiger partial charge in [-0.3, -0.25) is 0 Å². The minimum atomic E-state index is -3.65. The van der Waals surface area contributed by atoms with Gasteiger partial charge in [0.1, 0.15) is 5.82 Å². The first-order valence-corrected chi connectivity index (χ1v) is 7.34. The standard InChI is InChI=1S/C13H18FNO3S/c1-3-4-5-8-15(2)19(17,18)12-6-7-13(14)11(9-12)10-16/h3,6-7,9,16H,1,4-5,8,10H2,2H3. The summed E-state index contributed by atoms with van der Waals surface area (Å²) in [5, 5.41) is 8.96. The van der Waals surface area contributed by atoms with Crippen LogP contribution in [-0.2, 0) is 16.6 Å². The average Bonchev–Trinajstić information content (AvgIpc) is 2.39. The molecule has 1 rings (SSSR count). The maximum atomic E-state index is 13.2. The van der Waals surface area contributed by atoms with Crippen LogP contribution in [0.5, 0.6) is 0 Å². The number of rotatable bonds is 7. The second-order valence-corrected chi connectivity index (χ2v) is 6.21. The van der Waals surface area contributed by atoms with Gasteiger partial charge in [-0.05, 0) is 31.0 Å². The second-order valence-electron chi connectivity index (χ2n) is 4.17. The molecule has 1 aromatic carbocycles. The molecule has 6 heteroatoms. The Morgan fingerprint density at radius 1 is 1.47 bits per heavy atom. The van der Waals surface area contributed by atoms with Gasteiger partial charge in [-0.1, -0.05) is 6.08 Å². The molecule has 19 heavy (non-hydrogen) atoms. The molecule has 0 saturated carbocycles. The van der Waals surface area contributed by atoms with Crippen LogP contribution in [0.2, 0.25) is 0 Å². The molecule has 0 heterocycles. The molecule has 0 aliphatic rings. The molecule has 0 radical (unpaired) electrons. The van der Waals surface area contributed by atoms with Crippen LogP contribution in [0.3, 0.4) is 0 Å². The average molecular weight is 287 g/mol. The molecular weight excluding hydrogens is 269 g/mol. The molecule has 0 aromatic heterocycles. The summed E-state index contributed by atoms with van der Waals surface area (Å²) in [5.74, 6) is -0.615. The van der Waals surface area contributed by atoms with E-state index in [1.807, 2.05) is 0 Å². The summed E-state index contributed by atoms with van der Waals surface area (Å²) in [4.78, 5) is -0.0148. The van der Waals surface area contributed by atoms with Gasteiger partial charge in [-0.25, -0.2) is 17.1 Å². The predicted octanol–water partition coefficient (Wildman–Crippen LogP) is 1.90. The minimum Gasteiger partial charge on any atom is -0.392 e. The van der Waals surface area contributed by atoms with Crippen LogP contribution in [0.1, 0.15) is 18.4 Å². The van der Waals surface area contributed by atoms with E-state index < -0.39 is 22.4 Å². The van der Waals surface area contributed by atoms with Crippen molar-refractivity contribution in [1.82, 2.24) is 4.31 Å². The van der Waals surface area contributed by atoms with Crippen LogP contribution < -0.4 is 0 Å². The number of unbranched alkanes of at least 4 members (excludes halogenated alkanes) is 1. The van der Waals surface area contributed by atoms with Crippen molar-refractivity contribution in [3.8, 4) is 0 Å². The highest BCUT2D eigenvalue weighted by molar-refractivity contribution is 7.89. The van der Waals surface area contributed by atoms with Crippen LogP contribution in [0.25, 0.3) is 0 Å². The quantitative estimate of drug-likeness (QED) is 0.615. The Morgan fingerprint density at radius 2 is 2.16 bits per heavy atom. The lowest BCUT2D eigenvalue weighted by molar-refractivity contribution is 0.275. The second kappa shape index (κ2) is 6.79. The monoisotopic (exact) mass is 287 g/mol. The molecule has 0 saturated heterocycles. The Morgan fingerprint density at radius 3 is 2.74 bits per heavy atom. The molecule has 0 aliphatic carbocycles. The van der Waals surface area contributed by atoms with Gasteiger partial charge in [0.2, 0.25) is 10.0 Å². The number of hydrogen-bond acceptors (Lipinski definition) is 3. The zero-order chi connectivity index (χ0) is 14.5. The van der Waals surface area contributed by atoms with E-state index in [0.717, 1.165) is 18.6 Å². The summed E-state index contributed by atoms with van der Waals surface area (Å²) in [6.45, 7) is 3.40. The lowest BCUT2D eigenvalue weighted by Crippen LogP contribution is -2.28. The van der Waals surface area contributed by atoms with E-state index in [2.05, 4.69) is 6.58 Å². The Bertz CT molecular complexity index is 543. The zero-order valence-corrected chi connectivity index (χ0v) is 11.7. The molecular formula is C13H18FNO3S. The smallest absolute Gasteiger partial charge is 0.242 e. The third kappa shape index (κ3) is 3.86. The maximum absolute atomic E-state index is 13.2. The highest BCUT2D eigenvalue weighted by Crippen LogP contribution is 2.18. The van der Waals surface area contributed by atoms with Crippen LogP contribution >= 0.6 is 0 Å². The third-order valence-electron chi connectivity index (χ3n) is 2.78. The highest BCUT2D eigenvalue weighted by Gasteiger charge is 2.21. The van der Waals surface area contributed by atoms with E-state index in [9.17, 15) is 12.8 Å². The van der Waals surface area contributed by atoms with Gasteiger partial charge in [0.15, 0.2) is 0 Å². The van der Waals surface area contributed by atoms with E-state index in [4.69, 9.17) is 5.11 Å². The molecule has 0 atom stereocenters. The van der Waals surface area contributed by atoms with Gasteiger partial charge in [0, 0.05) is 19.2 Å². The molecule has 1 N–H and O–H groups in total. The van der Waals surface area contributed by atoms with Crippen LogP contribution in [-0.4, -0.2) is 31.4 Å². The highest BCUT2D eigenvalue weighted by atomic mass is 32.2. The SMILES string of the molecule is C=CCCCN(C)S(=O)(=O)c1ccc(F)c(CO)c1. The number of hydrogen-bond donors (Lipinski definition) is 1. The molecule has 106 valence electrons. The molecule has 0 aliphatic heterocycles. The van der Waals surface area contributed by atoms with Crippen LogP contribution in [0, 0.1) is 5.82 Å². The van der Waals surface area contributed by atoms with Crippen molar-refractivity contribution < 1.29 is 17.9 Å². The molecule has 4 nitrogen and oxygen atoms in total. The first kappa shape index (κ1) is 15.8. The van der Waals surface area contributed by atoms with Crippen molar-refractivity contribution in [3.05, 3.63) is 42.2 Å². The molecule has 1 aromatic rings. The molecule has 0 fully saturated rings. The predicted molar refractivity (Wildman–Crippen MR) is 71.6 cm³/mol. The Kier molecular flexibility index (Phi) is 5.65. The van der Waals surface area contributed by atoms with E-state index in [0.29, 0.717) is 13.0 Å². The number of nitrogens with zero attached hydrogens (tertiary/aromatic N) is 1. The first-order chi connectivity index (χ1) is 8.93. The van der Waals surface area contributed by atoms with Gasteiger partial charge in [0.05, 0.1) is 11.5 Å². The Hall–Kier alpha value is -1.24. The number of sulfonamides is 1. The van der Waals surface area contributed by atoms with Crippen molar-refractivity contribution in [2.24, 2.45) is 0 Å². The van der Waals surface area contributed by atoms with Crippen molar-refractivity contribution in [1.29, 1.82) is 0 Å². The van der Waals surface area contributed by atoms with E-state index >= 15 is 0 Å². The number of allylic oxidation sites excluding steroid dienone is 1. The summed E-state index contributed by atoms with van der Waals surface area (Å²) in [5.41, 5.74) is -0.0273. The van der Waals surface area contributed by atoms with Crippen molar-refractivity contribution in [2.75, 3.05) is 13.6 Å². The lowest BCUT2D eigenvalue weighted by atomic mass is 10.2. The summed E-state index contributed by atoms with van der Waals surface area (Å²) in [7, 11) is -2.17. The molecule has 0 spiro atoms. The fourth-order valence-electron chi connectivity index (χ4n) is 1.59. The van der Waals surface area contributed by atoms with Crippen molar-refractivity contribution >= 4 is 10.0 Å². The Labute approximate surface area is 113 Å². The summed E-state index contributed by atoms with van der Waals surface area (Å²) >= 11 is 0.